The maximum absolute atomic E-state index is 5.70. The number of nitrogens with zero attached hydrogens (tertiary/aromatic N) is 3. The van der Waals surface area contributed by atoms with Crippen LogP contribution < -0.4 is 10.1 Å². The maximum Gasteiger partial charge on any atom is 0.213 e. The quantitative estimate of drug-likeness (QED) is 0.390. The molecule has 2 saturated carbocycles. The lowest BCUT2D eigenvalue weighted by molar-refractivity contribution is 0.151. The molecule has 26 heavy (non-hydrogen) atoms. The Bertz CT molecular complexity index is 611. The summed E-state index contributed by atoms with van der Waals surface area (Å²) < 4.78 is 5.70. The van der Waals surface area contributed by atoms with Gasteiger partial charge < -0.3 is 15.0 Å². The van der Waals surface area contributed by atoms with Gasteiger partial charge in [0, 0.05) is 31.9 Å². The molecule has 1 spiro atoms. The van der Waals surface area contributed by atoms with Crippen molar-refractivity contribution in [3.8, 4) is 5.88 Å². The van der Waals surface area contributed by atoms with Crippen LogP contribution >= 0.6 is 24.0 Å². The molecule has 5 nitrogen and oxygen atoms in total. The summed E-state index contributed by atoms with van der Waals surface area (Å²) in [4.78, 5) is 11.7. The number of halogens is 1. The molecular formula is C20H31IN4O. The van der Waals surface area contributed by atoms with Crippen molar-refractivity contribution in [2.24, 2.45) is 16.3 Å². The number of hydrogen-bond donors (Lipinski definition) is 1. The Morgan fingerprint density at radius 3 is 2.77 bits per heavy atom. The first kappa shape index (κ1) is 19.7. The minimum Gasteiger partial charge on any atom is -0.477 e. The molecule has 0 radical (unpaired) electrons. The molecule has 2 aliphatic carbocycles. The number of likely N-dealkylation sites (tertiary alicyclic amines) is 1. The SMILES string of the molecule is CCNC(=NCc1ccc(OCC2CC2)nc1)N1CCC2(CCC2)C1.I. The Labute approximate surface area is 174 Å². The van der Waals surface area contributed by atoms with Crippen LogP contribution in [0.4, 0.5) is 0 Å². The Hall–Kier alpha value is -1.05. The van der Waals surface area contributed by atoms with Crippen molar-refractivity contribution in [3.05, 3.63) is 23.9 Å². The summed E-state index contributed by atoms with van der Waals surface area (Å²) in [5, 5.41) is 3.46. The van der Waals surface area contributed by atoms with Gasteiger partial charge in [-0.1, -0.05) is 12.5 Å². The third-order valence-corrected chi connectivity index (χ3v) is 5.86. The van der Waals surface area contributed by atoms with Crippen LogP contribution in [0.1, 0.15) is 51.0 Å². The molecule has 1 aromatic heterocycles. The summed E-state index contributed by atoms with van der Waals surface area (Å²) in [5.41, 5.74) is 1.73. The van der Waals surface area contributed by atoms with Gasteiger partial charge in [-0.3, -0.25) is 0 Å². The summed E-state index contributed by atoms with van der Waals surface area (Å²) in [6.45, 7) is 6.84. The molecule has 0 bridgehead atoms. The zero-order valence-corrected chi connectivity index (χ0v) is 18.1. The number of pyridine rings is 1. The highest BCUT2D eigenvalue weighted by molar-refractivity contribution is 14.0. The highest BCUT2D eigenvalue weighted by Gasteiger charge is 2.43. The van der Waals surface area contributed by atoms with Crippen LogP contribution in [-0.2, 0) is 6.54 Å². The highest BCUT2D eigenvalue weighted by Crippen LogP contribution is 2.47. The third-order valence-electron chi connectivity index (χ3n) is 5.86. The van der Waals surface area contributed by atoms with Crippen LogP contribution in [0.2, 0.25) is 0 Å². The average molecular weight is 470 g/mol. The second-order valence-corrected chi connectivity index (χ2v) is 7.95. The average Bonchev–Trinajstić information content (AvgIpc) is 3.32. The van der Waals surface area contributed by atoms with E-state index >= 15 is 0 Å². The van der Waals surface area contributed by atoms with Gasteiger partial charge in [-0.25, -0.2) is 9.98 Å². The van der Waals surface area contributed by atoms with Crippen LogP contribution in [0.3, 0.4) is 0 Å². The molecule has 6 heteroatoms. The van der Waals surface area contributed by atoms with Crippen LogP contribution in [0.15, 0.2) is 23.3 Å². The molecule has 0 atom stereocenters. The summed E-state index contributed by atoms with van der Waals surface area (Å²) in [5.74, 6) is 2.55. The van der Waals surface area contributed by atoms with Gasteiger partial charge >= 0.3 is 0 Å². The zero-order valence-electron chi connectivity index (χ0n) is 15.7. The highest BCUT2D eigenvalue weighted by atomic mass is 127. The van der Waals surface area contributed by atoms with Crippen LogP contribution in [-0.4, -0.2) is 42.1 Å². The van der Waals surface area contributed by atoms with Crippen molar-refractivity contribution < 1.29 is 4.74 Å². The van der Waals surface area contributed by atoms with Gasteiger partial charge in [0.25, 0.3) is 0 Å². The third kappa shape index (κ3) is 4.81. The van der Waals surface area contributed by atoms with Crippen molar-refractivity contribution >= 4 is 29.9 Å². The molecule has 1 aromatic rings. The summed E-state index contributed by atoms with van der Waals surface area (Å²) in [6, 6.07) is 4.05. The van der Waals surface area contributed by atoms with Gasteiger partial charge in [0.15, 0.2) is 5.96 Å². The van der Waals surface area contributed by atoms with Crippen molar-refractivity contribution in [2.45, 2.75) is 52.0 Å². The lowest BCUT2D eigenvalue weighted by Gasteiger charge is -2.38. The number of guanidine groups is 1. The Morgan fingerprint density at radius 2 is 2.19 bits per heavy atom. The van der Waals surface area contributed by atoms with E-state index in [-0.39, 0.29) is 24.0 Å². The standard InChI is InChI=1S/C20H30N4O.HI/c1-2-21-19(24-11-10-20(15-24)8-3-9-20)23-13-17-6-7-18(22-12-17)25-14-16-4-5-16;/h6-7,12,16H,2-5,8-11,13-15H2,1H3,(H,21,23);1H. The van der Waals surface area contributed by atoms with Gasteiger partial charge in [0.1, 0.15) is 0 Å². The van der Waals surface area contributed by atoms with E-state index in [1.165, 1.54) is 45.1 Å². The molecule has 1 aliphatic heterocycles. The second kappa shape index (κ2) is 8.76. The van der Waals surface area contributed by atoms with E-state index in [9.17, 15) is 0 Å². The fourth-order valence-electron chi connectivity index (χ4n) is 3.87. The molecule has 4 rings (SSSR count). The van der Waals surface area contributed by atoms with E-state index in [0.29, 0.717) is 12.0 Å². The largest absolute Gasteiger partial charge is 0.477 e. The fourth-order valence-corrected chi connectivity index (χ4v) is 3.87. The topological polar surface area (TPSA) is 49.8 Å². The molecular weight excluding hydrogens is 439 g/mol. The lowest BCUT2D eigenvalue weighted by atomic mass is 9.68. The Kier molecular flexibility index (Phi) is 6.64. The summed E-state index contributed by atoms with van der Waals surface area (Å²) in [6.07, 6.45) is 10.0. The van der Waals surface area contributed by atoms with Gasteiger partial charge in [-0.05, 0) is 55.9 Å². The molecule has 0 aromatic carbocycles. The first-order valence-electron chi connectivity index (χ1n) is 9.87. The minimum atomic E-state index is 0. The number of rotatable bonds is 6. The molecule has 1 saturated heterocycles. The predicted molar refractivity (Wildman–Crippen MR) is 115 cm³/mol. The number of aromatic nitrogens is 1. The van der Waals surface area contributed by atoms with E-state index in [2.05, 4.69) is 28.2 Å². The Balaban J connectivity index is 0.00000196. The molecule has 1 N–H and O–H groups in total. The lowest BCUT2D eigenvalue weighted by Crippen LogP contribution is -2.42. The van der Waals surface area contributed by atoms with Gasteiger partial charge in [0.05, 0.1) is 13.2 Å². The van der Waals surface area contributed by atoms with E-state index in [1.807, 2.05) is 12.3 Å². The van der Waals surface area contributed by atoms with Gasteiger partial charge in [-0.2, -0.15) is 0 Å². The zero-order chi connectivity index (χ0) is 17.1. The van der Waals surface area contributed by atoms with Gasteiger partial charge in [0.2, 0.25) is 5.88 Å². The monoisotopic (exact) mass is 470 g/mol. The first-order valence-corrected chi connectivity index (χ1v) is 9.87. The van der Waals surface area contributed by atoms with E-state index in [0.717, 1.165) is 43.0 Å². The van der Waals surface area contributed by atoms with Crippen molar-refractivity contribution in [1.82, 2.24) is 15.2 Å². The van der Waals surface area contributed by atoms with Crippen LogP contribution in [0.25, 0.3) is 0 Å². The number of aliphatic imine (C=N–C) groups is 1. The normalized spacial score (nSPS) is 21.3. The molecule has 0 unspecified atom stereocenters. The number of hydrogen-bond acceptors (Lipinski definition) is 3. The second-order valence-electron chi connectivity index (χ2n) is 7.95. The maximum atomic E-state index is 5.70. The van der Waals surface area contributed by atoms with Crippen LogP contribution in [0.5, 0.6) is 5.88 Å². The van der Waals surface area contributed by atoms with E-state index in [4.69, 9.17) is 9.73 Å². The minimum absolute atomic E-state index is 0. The fraction of sp³-hybridized carbons (Fsp3) is 0.700. The molecule has 3 fully saturated rings. The van der Waals surface area contributed by atoms with E-state index in [1.54, 1.807) is 0 Å². The number of nitrogens with one attached hydrogen (secondary N) is 1. The van der Waals surface area contributed by atoms with Crippen molar-refractivity contribution in [2.75, 3.05) is 26.2 Å². The predicted octanol–water partition coefficient (Wildman–Crippen LogP) is 3.83. The summed E-state index contributed by atoms with van der Waals surface area (Å²) in [7, 11) is 0. The molecule has 144 valence electrons. The summed E-state index contributed by atoms with van der Waals surface area (Å²) >= 11 is 0. The molecule has 3 aliphatic rings. The molecule has 2 heterocycles. The number of ether oxygens (including phenoxy) is 1. The smallest absolute Gasteiger partial charge is 0.213 e. The molecule has 0 amide bonds. The van der Waals surface area contributed by atoms with Gasteiger partial charge in [-0.15, -0.1) is 24.0 Å². The Morgan fingerprint density at radius 1 is 1.35 bits per heavy atom. The van der Waals surface area contributed by atoms with Crippen molar-refractivity contribution in [1.29, 1.82) is 0 Å². The first-order chi connectivity index (χ1) is 12.3. The van der Waals surface area contributed by atoms with Crippen LogP contribution in [0, 0.1) is 11.3 Å². The van der Waals surface area contributed by atoms with E-state index < -0.39 is 0 Å². The van der Waals surface area contributed by atoms with Crippen molar-refractivity contribution in [3.63, 3.8) is 0 Å².